The molecule has 1 aromatic carbocycles. The van der Waals surface area contributed by atoms with E-state index in [9.17, 15) is 18.0 Å². The van der Waals surface area contributed by atoms with Crippen molar-refractivity contribution in [1.29, 1.82) is 0 Å². The van der Waals surface area contributed by atoms with Crippen LogP contribution in [0.5, 0.6) is 0 Å². The number of aromatic nitrogens is 2. The largest absolute Gasteiger partial charge is 0.355 e. The van der Waals surface area contributed by atoms with E-state index in [4.69, 9.17) is 0 Å². The van der Waals surface area contributed by atoms with E-state index in [1.165, 1.54) is 22.5 Å². The highest BCUT2D eigenvalue weighted by atomic mass is 32.2. The zero-order chi connectivity index (χ0) is 18.7. The van der Waals surface area contributed by atoms with Gasteiger partial charge in [-0.25, -0.2) is 13.4 Å². The quantitative estimate of drug-likeness (QED) is 0.632. The monoisotopic (exact) mass is 396 g/mol. The summed E-state index contributed by atoms with van der Waals surface area (Å²) in [5.74, 6) is 0.347. The number of carbonyl (C=O) groups excluding carboxylic acids is 1. The molecule has 10 heteroatoms. The van der Waals surface area contributed by atoms with E-state index in [1.54, 1.807) is 0 Å². The maximum Gasteiger partial charge on any atom is 0.266 e. The molecule has 1 aliphatic rings. The van der Waals surface area contributed by atoms with E-state index >= 15 is 0 Å². The molecule has 0 saturated carbocycles. The molecule has 1 amide bonds. The Hall–Kier alpha value is -1.91. The SMILES string of the molecule is O=C(NCCS)C1CCN(S(=O)(=O)c2ccc3[nH]c(=O)cnc3c2)CC1. The second-order valence-corrected chi connectivity index (χ2v) is 8.50. The Bertz CT molecular complexity index is 966. The minimum Gasteiger partial charge on any atom is -0.355 e. The van der Waals surface area contributed by atoms with Crippen LogP contribution in [0.1, 0.15) is 12.8 Å². The van der Waals surface area contributed by atoms with E-state index in [0.717, 1.165) is 6.20 Å². The van der Waals surface area contributed by atoms with Crippen molar-refractivity contribution in [3.63, 3.8) is 0 Å². The van der Waals surface area contributed by atoms with Gasteiger partial charge in [-0.2, -0.15) is 16.9 Å². The highest BCUT2D eigenvalue weighted by molar-refractivity contribution is 7.89. The number of fused-ring (bicyclic) bond motifs is 1. The number of nitrogens with zero attached hydrogens (tertiary/aromatic N) is 2. The van der Waals surface area contributed by atoms with Gasteiger partial charge in [-0.1, -0.05) is 0 Å². The van der Waals surface area contributed by atoms with Crippen molar-refractivity contribution in [1.82, 2.24) is 19.6 Å². The van der Waals surface area contributed by atoms with Gasteiger partial charge >= 0.3 is 0 Å². The molecule has 2 aromatic rings. The van der Waals surface area contributed by atoms with E-state index < -0.39 is 10.0 Å². The van der Waals surface area contributed by atoms with Crippen LogP contribution in [0.15, 0.2) is 34.1 Å². The van der Waals surface area contributed by atoms with E-state index in [-0.39, 0.29) is 22.3 Å². The first-order valence-corrected chi connectivity index (χ1v) is 10.4. The Morgan fingerprint density at radius 2 is 2.08 bits per heavy atom. The molecule has 0 atom stereocenters. The third-order valence-electron chi connectivity index (χ3n) is 4.42. The molecule has 2 N–H and O–H groups in total. The fourth-order valence-corrected chi connectivity index (χ4v) is 4.61. The number of hydrogen-bond acceptors (Lipinski definition) is 6. The van der Waals surface area contributed by atoms with E-state index in [1.807, 2.05) is 0 Å². The van der Waals surface area contributed by atoms with Crippen molar-refractivity contribution < 1.29 is 13.2 Å². The Balaban J connectivity index is 1.74. The number of nitrogens with one attached hydrogen (secondary N) is 2. The lowest BCUT2D eigenvalue weighted by atomic mass is 9.97. The maximum atomic E-state index is 12.9. The first-order valence-electron chi connectivity index (χ1n) is 8.29. The van der Waals surface area contributed by atoms with Crippen LogP contribution in [0.25, 0.3) is 11.0 Å². The molecule has 1 saturated heterocycles. The van der Waals surface area contributed by atoms with Crippen molar-refractivity contribution in [2.24, 2.45) is 5.92 Å². The molecular formula is C16H20N4O4S2. The molecule has 3 rings (SSSR count). The highest BCUT2D eigenvalue weighted by Gasteiger charge is 2.32. The van der Waals surface area contributed by atoms with Crippen molar-refractivity contribution >= 4 is 39.6 Å². The summed E-state index contributed by atoms with van der Waals surface area (Å²) >= 11 is 4.06. The summed E-state index contributed by atoms with van der Waals surface area (Å²) < 4.78 is 27.1. The average molecular weight is 396 g/mol. The molecular weight excluding hydrogens is 376 g/mol. The Kier molecular flexibility index (Phi) is 5.64. The summed E-state index contributed by atoms with van der Waals surface area (Å²) in [6.45, 7) is 1.09. The molecule has 140 valence electrons. The van der Waals surface area contributed by atoms with Crippen LogP contribution in [-0.2, 0) is 14.8 Å². The van der Waals surface area contributed by atoms with Crippen LogP contribution < -0.4 is 10.9 Å². The van der Waals surface area contributed by atoms with Gasteiger partial charge < -0.3 is 10.3 Å². The molecule has 26 heavy (non-hydrogen) atoms. The average Bonchev–Trinajstić information content (AvgIpc) is 2.65. The predicted octanol–water partition coefficient (Wildman–Crippen LogP) is 0.370. The van der Waals surface area contributed by atoms with Crippen LogP contribution in [0, 0.1) is 5.92 Å². The summed E-state index contributed by atoms with van der Waals surface area (Å²) in [5.41, 5.74) is 0.550. The number of thiol groups is 1. The molecule has 8 nitrogen and oxygen atoms in total. The zero-order valence-electron chi connectivity index (χ0n) is 14.0. The number of rotatable bonds is 5. The third-order valence-corrected chi connectivity index (χ3v) is 6.54. The van der Waals surface area contributed by atoms with Crippen LogP contribution >= 0.6 is 12.6 Å². The predicted molar refractivity (Wildman–Crippen MR) is 101 cm³/mol. The van der Waals surface area contributed by atoms with E-state index in [0.29, 0.717) is 49.3 Å². The number of piperidine rings is 1. The molecule has 0 unspecified atom stereocenters. The second-order valence-electron chi connectivity index (χ2n) is 6.12. The van der Waals surface area contributed by atoms with Crippen molar-refractivity contribution in [3.8, 4) is 0 Å². The van der Waals surface area contributed by atoms with Gasteiger partial charge in [0.15, 0.2) is 0 Å². The van der Waals surface area contributed by atoms with Crippen LogP contribution in [-0.4, -0.2) is 54.0 Å². The lowest BCUT2D eigenvalue weighted by Gasteiger charge is -2.30. The number of aromatic amines is 1. The summed E-state index contributed by atoms with van der Waals surface area (Å²) in [6, 6.07) is 4.45. The van der Waals surface area contributed by atoms with Crippen molar-refractivity contribution in [2.45, 2.75) is 17.7 Å². The highest BCUT2D eigenvalue weighted by Crippen LogP contribution is 2.25. The van der Waals surface area contributed by atoms with Gasteiger partial charge in [-0.15, -0.1) is 0 Å². The molecule has 0 aliphatic carbocycles. The summed E-state index contributed by atoms with van der Waals surface area (Å²) in [5, 5.41) is 2.79. The Labute approximate surface area is 156 Å². The normalized spacial score (nSPS) is 16.7. The van der Waals surface area contributed by atoms with Gasteiger partial charge in [-0.3, -0.25) is 9.59 Å². The van der Waals surface area contributed by atoms with Gasteiger partial charge in [0.05, 0.1) is 22.1 Å². The topological polar surface area (TPSA) is 112 Å². The molecule has 0 radical (unpaired) electrons. The number of H-pyrrole nitrogens is 1. The standard InChI is InChI=1S/C16H20N4O4S2/c21-15-10-18-14-9-12(1-2-13(14)19-15)26(23,24)20-6-3-11(4-7-20)16(22)17-5-8-25/h1-2,9-11,25H,3-8H2,(H,17,22)(H,19,21). The fourth-order valence-electron chi connectivity index (χ4n) is 3.01. The number of hydrogen-bond donors (Lipinski definition) is 3. The lowest BCUT2D eigenvalue weighted by molar-refractivity contribution is -0.125. The van der Waals surface area contributed by atoms with Gasteiger partial charge in [0.2, 0.25) is 15.9 Å². The van der Waals surface area contributed by atoms with E-state index in [2.05, 4.69) is 27.9 Å². The second kappa shape index (κ2) is 7.77. The Morgan fingerprint density at radius 1 is 1.35 bits per heavy atom. The molecule has 0 bridgehead atoms. The minimum atomic E-state index is -3.67. The Morgan fingerprint density at radius 3 is 2.77 bits per heavy atom. The lowest BCUT2D eigenvalue weighted by Crippen LogP contribution is -2.43. The van der Waals surface area contributed by atoms with Gasteiger partial charge in [0.25, 0.3) is 5.56 Å². The molecule has 1 fully saturated rings. The number of sulfonamides is 1. The minimum absolute atomic E-state index is 0.0463. The number of carbonyl (C=O) groups is 1. The fraction of sp³-hybridized carbons (Fsp3) is 0.438. The third kappa shape index (κ3) is 3.92. The number of amides is 1. The molecule has 1 aliphatic heterocycles. The zero-order valence-corrected chi connectivity index (χ0v) is 15.7. The van der Waals surface area contributed by atoms with Crippen LogP contribution in [0.3, 0.4) is 0 Å². The van der Waals surface area contributed by atoms with Crippen LogP contribution in [0.4, 0.5) is 0 Å². The summed E-state index contributed by atoms with van der Waals surface area (Å²) in [7, 11) is -3.67. The maximum absolute atomic E-state index is 12.9. The molecule has 0 spiro atoms. The smallest absolute Gasteiger partial charge is 0.266 e. The van der Waals surface area contributed by atoms with Gasteiger partial charge in [-0.05, 0) is 31.0 Å². The van der Waals surface area contributed by atoms with Crippen LogP contribution in [0.2, 0.25) is 0 Å². The molecule has 1 aromatic heterocycles. The number of benzene rings is 1. The first kappa shape index (κ1) is 18.9. The van der Waals surface area contributed by atoms with Gasteiger partial charge in [0.1, 0.15) is 0 Å². The first-order chi connectivity index (χ1) is 12.4. The summed E-state index contributed by atoms with van der Waals surface area (Å²) in [4.78, 5) is 30.0. The van der Waals surface area contributed by atoms with Gasteiger partial charge in [0, 0.05) is 31.3 Å². The summed E-state index contributed by atoms with van der Waals surface area (Å²) in [6.07, 6.45) is 2.08. The van der Waals surface area contributed by atoms with Crippen molar-refractivity contribution in [2.75, 3.05) is 25.4 Å². The molecule has 2 heterocycles. The van der Waals surface area contributed by atoms with Crippen molar-refractivity contribution in [3.05, 3.63) is 34.7 Å².